The van der Waals surface area contributed by atoms with Crippen LogP contribution < -0.4 is 11.1 Å². The number of nitrogens with two attached hydrogens (primary N) is 1. The van der Waals surface area contributed by atoms with Crippen molar-refractivity contribution in [2.75, 3.05) is 6.54 Å². The molecule has 0 fully saturated rings. The Bertz CT molecular complexity index is 462. The number of nitrogens with one attached hydrogen (secondary N) is 1. The molecular weight excluding hydrogens is 280 g/mol. The van der Waals surface area contributed by atoms with Gasteiger partial charge in [-0.15, -0.1) is 0 Å². The smallest absolute Gasteiger partial charge is 0.232 e. The van der Waals surface area contributed by atoms with E-state index >= 15 is 0 Å². The van der Waals surface area contributed by atoms with Crippen LogP contribution in [0.2, 0.25) is 0 Å². The zero-order valence-electron chi connectivity index (χ0n) is 13.0. The maximum absolute atomic E-state index is 11.9. The van der Waals surface area contributed by atoms with Crippen LogP contribution in [-0.2, 0) is 16.0 Å². The summed E-state index contributed by atoms with van der Waals surface area (Å²) in [5.74, 6) is -2.12. The van der Waals surface area contributed by atoms with Gasteiger partial charge in [-0.3, -0.25) is 9.59 Å². The van der Waals surface area contributed by atoms with Gasteiger partial charge in [0.05, 0.1) is 6.10 Å². The monoisotopic (exact) mass is 305 g/mol. The fraction of sp³-hybridized carbons (Fsp3) is 0.471. The van der Waals surface area contributed by atoms with E-state index in [4.69, 9.17) is 5.73 Å². The standard InChI is InChI=1S/C17H25N2O3/c1-2-3-11-19-17(22)15(16(18)21)12-14(20)10-9-13-7-5-4-6-8-13/h4-8,10,14-15,20H,2-3,9,11-12H2,1H3,(H2,18,21)(H,19,22)/t14-,15+/m0/s1. The summed E-state index contributed by atoms with van der Waals surface area (Å²) in [5.41, 5.74) is 6.33. The predicted molar refractivity (Wildman–Crippen MR) is 85.7 cm³/mol. The van der Waals surface area contributed by atoms with Gasteiger partial charge in [0, 0.05) is 6.54 Å². The van der Waals surface area contributed by atoms with Crippen molar-refractivity contribution < 1.29 is 14.7 Å². The Morgan fingerprint density at radius 2 is 2.00 bits per heavy atom. The Balaban J connectivity index is 2.44. The van der Waals surface area contributed by atoms with Crippen molar-refractivity contribution in [1.82, 2.24) is 5.32 Å². The molecule has 1 aromatic rings. The molecule has 5 nitrogen and oxygen atoms in total. The fourth-order valence-corrected chi connectivity index (χ4v) is 2.09. The molecule has 0 aromatic heterocycles. The minimum Gasteiger partial charge on any atom is -0.393 e. The lowest BCUT2D eigenvalue weighted by molar-refractivity contribution is -0.134. The molecule has 0 saturated carbocycles. The lowest BCUT2D eigenvalue weighted by Gasteiger charge is -2.17. The number of hydrogen-bond donors (Lipinski definition) is 3. The van der Waals surface area contributed by atoms with Gasteiger partial charge in [0.2, 0.25) is 11.8 Å². The summed E-state index contributed by atoms with van der Waals surface area (Å²) in [6, 6.07) is 9.66. The molecule has 5 heteroatoms. The van der Waals surface area contributed by atoms with E-state index in [2.05, 4.69) is 5.32 Å². The highest BCUT2D eigenvalue weighted by molar-refractivity contribution is 5.99. The Morgan fingerprint density at radius 1 is 1.32 bits per heavy atom. The van der Waals surface area contributed by atoms with Crippen molar-refractivity contribution in [1.29, 1.82) is 0 Å². The first-order valence-corrected chi connectivity index (χ1v) is 7.67. The molecule has 22 heavy (non-hydrogen) atoms. The Morgan fingerprint density at radius 3 is 2.59 bits per heavy atom. The van der Waals surface area contributed by atoms with Crippen LogP contribution in [0.15, 0.2) is 30.3 Å². The zero-order chi connectivity index (χ0) is 16.4. The van der Waals surface area contributed by atoms with Gasteiger partial charge in [-0.2, -0.15) is 0 Å². The summed E-state index contributed by atoms with van der Waals surface area (Å²) in [6.07, 6.45) is 3.22. The SMILES string of the molecule is CCCCNC(=O)[C@H](C[C@@H](O)[CH]Cc1ccccc1)C(N)=O. The van der Waals surface area contributed by atoms with Crippen LogP contribution in [-0.4, -0.2) is 29.6 Å². The molecule has 0 aliphatic heterocycles. The molecule has 1 radical (unpaired) electrons. The minimum atomic E-state index is -1.00. The van der Waals surface area contributed by atoms with E-state index < -0.39 is 23.8 Å². The molecule has 0 heterocycles. The Hall–Kier alpha value is -1.88. The fourth-order valence-electron chi connectivity index (χ4n) is 2.09. The van der Waals surface area contributed by atoms with Gasteiger partial charge in [0.1, 0.15) is 5.92 Å². The van der Waals surface area contributed by atoms with E-state index in [1.54, 1.807) is 6.42 Å². The van der Waals surface area contributed by atoms with Gasteiger partial charge in [-0.1, -0.05) is 43.7 Å². The third-order valence-electron chi connectivity index (χ3n) is 3.44. The van der Waals surface area contributed by atoms with E-state index in [-0.39, 0.29) is 6.42 Å². The van der Waals surface area contributed by atoms with E-state index in [0.717, 1.165) is 18.4 Å². The average molecular weight is 305 g/mol. The van der Waals surface area contributed by atoms with E-state index in [0.29, 0.717) is 13.0 Å². The van der Waals surface area contributed by atoms with Crippen LogP contribution in [0.3, 0.4) is 0 Å². The minimum absolute atomic E-state index is 0.0140. The molecule has 1 aromatic carbocycles. The molecule has 0 aliphatic carbocycles. The molecule has 0 bridgehead atoms. The van der Waals surface area contributed by atoms with Crippen LogP contribution in [0.4, 0.5) is 0 Å². The van der Waals surface area contributed by atoms with Crippen molar-refractivity contribution in [3.05, 3.63) is 42.3 Å². The maximum atomic E-state index is 11.9. The summed E-state index contributed by atoms with van der Waals surface area (Å²) in [5, 5.41) is 12.7. The second-order valence-electron chi connectivity index (χ2n) is 5.33. The van der Waals surface area contributed by atoms with Crippen molar-refractivity contribution in [2.24, 2.45) is 11.7 Å². The number of aliphatic hydroxyl groups excluding tert-OH is 1. The van der Waals surface area contributed by atoms with Crippen LogP contribution in [0.1, 0.15) is 31.7 Å². The third kappa shape index (κ3) is 6.72. The molecule has 4 N–H and O–H groups in total. The zero-order valence-corrected chi connectivity index (χ0v) is 13.0. The first-order valence-electron chi connectivity index (χ1n) is 7.67. The second-order valence-corrected chi connectivity index (χ2v) is 5.33. The number of rotatable bonds is 10. The van der Waals surface area contributed by atoms with E-state index in [9.17, 15) is 14.7 Å². The lowest BCUT2D eigenvalue weighted by atomic mass is 9.96. The van der Waals surface area contributed by atoms with Crippen LogP contribution >= 0.6 is 0 Å². The molecular formula is C17H25N2O3. The van der Waals surface area contributed by atoms with Crippen molar-refractivity contribution in [2.45, 2.75) is 38.7 Å². The number of amides is 2. The average Bonchev–Trinajstić information content (AvgIpc) is 2.51. The summed E-state index contributed by atoms with van der Waals surface area (Å²) < 4.78 is 0. The van der Waals surface area contributed by atoms with E-state index in [1.165, 1.54) is 0 Å². The largest absolute Gasteiger partial charge is 0.393 e. The lowest BCUT2D eigenvalue weighted by Crippen LogP contribution is -2.41. The Kier molecular flexibility index (Phi) is 8.22. The number of benzene rings is 1. The summed E-state index contributed by atoms with van der Waals surface area (Å²) in [6.45, 7) is 2.53. The number of hydrogen-bond acceptors (Lipinski definition) is 3. The summed E-state index contributed by atoms with van der Waals surface area (Å²) in [4.78, 5) is 23.4. The summed E-state index contributed by atoms with van der Waals surface area (Å²) in [7, 11) is 0. The predicted octanol–water partition coefficient (Wildman–Crippen LogP) is 1.20. The molecule has 121 valence electrons. The van der Waals surface area contributed by atoms with Crippen LogP contribution in [0, 0.1) is 12.3 Å². The Labute approximate surface area is 131 Å². The third-order valence-corrected chi connectivity index (χ3v) is 3.44. The van der Waals surface area contributed by atoms with Gasteiger partial charge in [-0.25, -0.2) is 0 Å². The van der Waals surface area contributed by atoms with Crippen LogP contribution in [0.5, 0.6) is 0 Å². The molecule has 0 unspecified atom stereocenters. The highest BCUT2D eigenvalue weighted by Gasteiger charge is 2.26. The first kappa shape index (κ1) is 18.2. The van der Waals surface area contributed by atoms with Gasteiger partial charge in [-0.05, 0) is 31.2 Å². The molecule has 1 rings (SSSR count). The molecule has 0 spiro atoms. The number of aliphatic hydroxyl groups is 1. The maximum Gasteiger partial charge on any atom is 0.232 e. The highest BCUT2D eigenvalue weighted by Crippen LogP contribution is 2.12. The summed E-state index contributed by atoms with van der Waals surface area (Å²) >= 11 is 0. The van der Waals surface area contributed by atoms with Gasteiger partial charge >= 0.3 is 0 Å². The van der Waals surface area contributed by atoms with E-state index in [1.807, 2.05) is 37.3 Å². The van der Waals surface area contributed by atoms with Gasteiger partial charge < -0.3 is 16.2 Å². The van der Waals surface area contributed by atoms with Gasteiger partial charge in [0.15, 0.2) is 0 Å². The molecule has 2 amide bonds. The number of primary amides is 1. The van der Waals surface area contributed by atoms with Crippen molar-refractivity contribution in [3.8, 4) is 0 Å². The molecule has 2 atom stereocenters. The van der Waals surface area contributed by atoms with Gasteiger partial charge in [0.25, 0.3) is 0 Å². The highest BCUT2D eigenvalue weighted by atomic mass is 16.3. The second kappa shape index (κ2) is 9.95. The van der Waals surface area contributed by atoms with Crippen LogP contribution in [0.25, 0.3) is 0 Å². The first-order chi connectivity index (χ1) is 10.5. The van der Waals surface area contributed by atoms with Crippen molar-refractivity contribution in [3.63, 3.8) is 0 Å². The number of carbonyl (C=O) groups excluding carboxylic acids is 2. The molecule has 0 aliphatic rings. The molecule has 0 saturated heterocycles. The van der Waals surface area contributed by atoms with Crippen molar-refractivity contribution >= 4 is 11.8 Å². The normalized spacial score (nSPS) is 13.4. The topological polar surface area (TPSA) is 92.4 Å². The number of unbranched alkanes of at least 4 members (excludes halogenated alkanes) is 1. The number of carbonyl (C=O) groups is 2. The quantitative estimate of drug-likeness (QED) is 0.448.